The lowest BCUT2D eigenvalue weighted by Crippen LogP contribution is -2.48. The summed E-state index contributed by atoms with van der Waals surface area (Å²) < 4.78 is 28.8. The predicted molar refractivity (Wildman–Crippen MR) is 88.2 cm³/mol. The van der Waals surface area contributed by atoms with Crippen molar-refractivity contribution in [2.75, 3.05) is 19.6 Å². The van der Waals surface area contributed by atoms with Crippen molar-refractivity contribution in [1.82, 2.24) is 9.03 Å². The summed E-state index contributed by atoms with van der Waals surface area (Å²) in [5, 5.41) is 10.6. The molecular formula is C15H23N3O4S. The molecule has 1 fully saturated rings. The van der Waals surface area contributed by atoms with Crippen molar-refractivity contribution < 1.29 is 13.3 Å². The van der Waals surface area contributed by atoms with Crippen molar-refractivity contribution in [1.29, 1.82) is 0 Å². The van der Waals surface area contributed by atoms with E-state index in [1.54, 1.807) is 12.1 Å². The lowest BCUT2D eigenvalue weighted by atomic mass is 9.94. The van der Waals surface area contributed by atoms with Crippen molar-refractivity contribution in [3.8, 4) is 0 Å². The van der Waals surface area contributed by atoms with E-state index < -0.39 is 15.1 Å². The van der Waals surface area contributed by atoms with Crippen molar-refractivity contribution in [3.05, 3.63) is 39.9 Å². The summed E-state index contributed by atoms with van der Waals surface area (Å²) in [6.45, 7) is 5.51. The molecule has 8 heteroatoms. The molecule has 2 atom stereocenters. The highest BCUT2D eigenvalue weighted by atomic mass is 32.2. The number of rotatable bonds is 6. The van der Waals surface area contributed by atoms with E-state index in [0.29, 0.717) is 31.3 Å². The summed E-state index contributed by atoms with van der Waals surface area (Å²) in [5.41, 5.74) is 0.893. The van der Waals surface area contributed by atoms with Crippen LogP contribution in [0.1, 0.15) is 25.8 Å². The maximum absolute atomic E-state index is 12.3. The molecule has 128 valence electrons. The third-order valence-corrected chi connectivity index (χ3v) is 5.57. The normalized spacial score (nSPS) is 22.9. The number of piperidine rings is 1. The number of nitrogens with one attached hydrogen (secondary N) is 1. The molecule has 0 amide bonds. The first-order valence-corrected chi connectivity index (χ1v) is 9.20. The van der Waals surface area contributed by atoms with E-state index >= 15 is 0 Å². The Morgan fingerprint density at radius 1 is 1.22 bits per heavy atom. The van der Waals surface area contributed by atoms with Gasteiger partial charge in [0.05, 0.1) is 4.92 Å². The molecule has 0 spiro atoms. The van der Waals surface area contributed by atoms with Gasteiger partial charge < -0.3 is 0 Å². The Bertz CT molecular complexity index is 635. The fourth-order valence-electron chi connectivity index (χ4n) is 3.00. The van der Waals surface area contributed by atoms with Gasteiger partial charge >= 0.3 is 0 Å². The molecule has 1 aromatic carbocycles. The van der Waals surface area contributed by atoms with Gasteiger partial charge in [0, 0.05) is 31.8 Å². The number of benzene rings is 1. The Hall–Kier alpha value is -1.51. The number of hydrogen-bond acceptors (Lipinski definition) is 4. The second-order valence-corrected chi connectivity index (χ2v) is 8.09. The van der Waals surface area contributed by atoms with Crippen LogP contribution in [0.2, 0.25) is 0 Å². The minimum Gasteiger partial charge on any atom is -0.258 e. The molecular weight excluding hydrogens is 318 g/mol. The zero-order chi connectivity index (χ0) is 17.0. The molecule has 0 radical (unpaired) electrons. The summed E-state index contributed by atoms with van der Waals surface area (Å²) in [6.07, 6.45) is 1.55. The lowest BCUT2D eigenvalue weighted by Gasteiger charge is -2.33. The van der Waals surface area contributed by atoms with E-state index in [1.165, 1.54) is 16.4 Å². The van der Waals surface area contributed by atoms with E-state index in [4.69, 9.17) is 0 Å². The topological polar surface area (TPSA) is 92.6 Å². The smallest absolute Gasteiger partial charge is 0.258 e. The van der Waals surface area contributed by atoms with E-state index in [-0.39, 0.29) is 12.2 Å². The number of nitro groups is 1. The van der Waals surface area contributed by atoms with Crippen LogP contribution in [0.4, 0.5) is 5.69 Å². The SMILES string of the molecule is C[C@@H]1C[C@H](C)CN(S(=O)(=O)NCCc2ccc([N+](=O)[O-])cc2)C1. The van der Waals surface area contributed by atoms with Crippen LogP contribution in [0, 0.1) is 22.0 Å². The molecule has 0 bridgehead atoms. The highest BCUT2D eigenvalue weighted by Gasteiger charge is 2.29. The predicted octanol–water partition coefficient (Wildman–Crippen LogP) is 1.95. The first kappa shape index (κ1) is 17.8. The molecule has 1 aromatic rings. The van der Waals surface area contributed by atoms with E-state index in [0.717, 1.165) is 12.0 Å². The fraction of sp³-hybridized carbons (Fsp3) is 0.600. The second-order valence-electron chi connectivity index (χ2n) is 6.34. The van der Waals surface area contributed by atoms with Gasteiger partial charge in [0.2, 0.25) is 0 Å². The van der Waals surface area contributed by atoms with E-state index in [2.05, 4.69) is 18.6 Å². The number of nitrogens with zero attached hydrogens (tertiary/aromatic N) is 2. The van der Waals surface area contributed by atoms with Crippen LogP contribution in [-0.2, 0) is 16.6 Å². The highest BCUT2D eigenvalue weighted by molar-refractivity contribution is 7.87. The molecule has 2 rings (SSSR count). The monoisotopic (exact) mass is 341 g/mol. The summed E-state index contributed by atoms with van der Waals surface area (Å²) >= 11 is 0. The number of non-ortho nitro benzene ring substituents is 1. The fourth-order valence-corrected chi connectivity index (χ4v) is 4.45. The van der Waals surface area contributed by atoms with Gasteiger partial charge in [-0.1, -0.05) is 26.0 Å². The molecule has 0 unspecified atom stereocenters. The van der Waals surface area contributed by atoms with Crippen molar-refractivity contribution in [3.63, 3.8) is 0 Å². The van der Waals surface area contributed by atoms with Gasteiger partial charge in [-0.2, -0.15) is 12.7 Å². The molecule has 0 aliphatic carbocycles. The standard InChI is InChI=1S/C15H23N3O4S/c1-12-9-13(2)11-17(10-12)23(21,22)16-8-7-14-3-5-15(6-4-14)18(19)20/h3-6,12-13,16H,7-11H2,1-2H3/t12-,13+. The van der Waals surface area contributed by atoms with Crippen LogP contribution in [0.3, 0.4) is 0 Å². The van der Waals surface area contributed by atoms with E-state index in [9.17, 15) is 18.5 Å². The minimum absolute atomic E-state index is 0.0330. The molecule has 7 nitrogen and oxygen atoms in total. The number of nitro benzene ring substituents is 1. The molecule has 0 saturated carbocycles. The van der Waals surface area contributed by atoms with Crippen LogP contribution < -0.4 is 4.72 Å². The van der Waals surface area contributed by atoms with Gasteiger partial charge in [0.1, 0.15) is 0 Å². The van der Waals surface area contributed by atoms with Crippen LogP contribution in [0.5, 0.6) is 0 Å². The molecule has 1 saturated heterocycles. The first-order chi connectivity index (χ1) is 10.8. The second kappa shape index (κ2) is 7.37. The van der Waals surface area contributed by atoms with Crippen molar-refractivity contribution in [2.45, 2.75) is 26.7 Å². The quantitative estimate of drug-likeness (QED) is 0.632. The first-order valence-electron chi connectivity index (χ1n) is 7.76. The van der Waals surface area contributed by atoms with E-state index in [1.807, 2.05) is 0 Å². The van der Waals surface area contributed by atoms with Gasteiger partial charge in [-0.15, -0.1) is 0 Å². The maximum atomic E-state index is 12.3. The molecule has 23 heavy (non-hydrogen) atoms. The van der Waals surface area contributed by atoms with Crippen LogP contribution in [-0.4, -0.2) is 37.3 Å². The van der Waals surface area contributed by atoms with Gasteiger partial charge in [-0.25, -0.2) is 4.72 Å². The summed E-state index contributed by atoms with van der Waals surface area (Å²) in [6, 6.07) is 6.16. The van der Waals surface area contributed by atoms with Crippen molar-refractivity contribution >= 4 is 15.9 Å². The average molecular weight is 341 g/mol. The number of hydrogen-bond donors (Lipinski definition) is 1. The van der Waals surface area contributed by atoms with Gasteiger partial charge in [0.15, 0.2) is 0 Å². The Morgan fingerprint density at radius 2 is 1.78 bits per heavy atom. The third-order valence-electron chi connectivity index (χ3n) is 4.02. The molecule has 1 heterocycles. The molecule has 0 aromatic heterocycles. The zero-order valence-electron chi connectivity index (χ0n) is 13.4. The lowest BCUT2D eigenvalue weighted by molar-refractivity contribution is -0.384. The van der Waals surface area contributed by atoms with Gasteiger partial charge in [0.25, 0.3) is 15.9 Å². The summed E-state index contributed by atoms with van der Waals surface area (Å²) in [5.74, 6) is 0.731. The Labute approximate surface area is 137 Å². The Morgan fingerprint density at radius 3 is 2.30 bits per heavy atom. The molecule has 1 aliphatic rings. The molecule has 1 N–H and O–H groups in total. The van der Waals surface area contributed by atoms with Gasteiger partial charge in [-0.05, 0) is 30.2 Å². The Balaban J connectivity index is 1.88. The van der Waals surface area contributed by atoms with Crippen molar-refractivity contribution in [2.24, 2.45) is 11.8 Å². The van der Waals surface area contributed by atoms with Crippen LogP contribution in [0.25, 0.3) is 0 Å². The van der Waals surface area contributed by atoms with Crippen LogP contribution >= 0.6 is 0 Å². The zero-order valence-corrected chi connectivity index (χ0v) is 14.3. The summed E-state index contributed by atoms with van der Waals surface area (Å²) in [7, 11) is -3.47. The molecule has 1 aliphatic heterocycles. The average Bonchev–Trinajstić information content (AvgIpc) is 2.46. The van der Waals surface area contributed by atoms with Crippen LogP contribution in [0.15, 0.2) is 24.3 Å². The minimum atomic E-state index is -3.47. The summed E-state index contributed by atoms with van der Waals surface area (Å²) in [4.78, 5) is 10.1. The third kappa shape index (κ3) is 4.98. The maximum Gasteiger partial charge on any atom is 0.279 e. The Kier molecular flexibility index (Phi) is 5.72. The highest BCUT2D eigenvalue weighted by Crippen LogP contribution is 2.22. The largest absolute Gasteiger partial charge is 0.279 e. The van der Waals surface area contributed by atoms with Gasteiger partial charge in [-0.3, -0.25) is 10.1 Å².